The highest BCUT2D eigenvalue weighted by molar-refractivity contribution is 5.32. The Hall–Kier alpha value is -1.46. The third-order valence-electron chi connectivity index (χ3n) is 2.66. The second-order valence-corrected chi connectivity index (χ2v) is 4.63. The van der Waals surface area contributed by atoms with Crippen molar-refractivity contribution in [2.45, 2.75) is 32.4 Å². The highest BCUT2D eigenvalue weighted by atomic mass is 16.6. The molecule has 0 heterocycles. The third kappa shape index (κ3) is 4.50. The molecule has 5 nitrogen and oxygen atoms in total. The summed E-state index contributed by atoms with van der Waals surface area (Å²) >= 11 is 0. The van der Waals surface area contributed by atoms with Gasteiger partial charge in [0.25, 0.3) is 5.69 Å². The lowest BCUT2D eigenvalue weighted by molar-refractivity contribution is -0.384. The molecule has 0 saturated carbocycles. The molecule has 0 fully saturated rings. The summed E-state index contributed by atoms with van der Waals surface area (Å²) in [5.41, 5.74) is 0.946. The lowest BCUT2D eigenvalue weighted by Crippen LogP contribution is -2.39. The summed E-state index contributed by atoms with van der Waals surface area (Å²) in [6, 6.07) is 6.46. The van der Waals surface area contributed by atoms with E-state index in [1.54, 1.807) is 12.1 Å². The van der Waals surface area contributed by atoms with Crippen molar-refractivity contribution >= 4 is 5.69 Å². The van der Waals surface area contributed by atoms with Gasteiger partial charge in [0, 0.05) is 30.8 Å². The third-order valence-corrected chi connectivity index (χ3v) is 2.66. The summed E-state index contributed by atoms with van der Waals surface area (Å²) < 4.78 is 0. The summed E-state index contributed by atoms with van der Waals surface area (Å²) in [4.78, 5) is 10.1. The molecule has 0 saturated heterocycles. The van der Waals surface area contributed by atoms with Crippen LogP contribution in [0.25, 0.3) is 0 Å². The van der Waals surface area contributed by atoms with Gasteiger partial charge in [-0.25, -0.2) is 0 Å². The minimum Gasteiger partial charge on any atom is -0.396 e. The van der Waals surface area contributed by atoms with Gasteiger partial charge in [-0.2, -0.15) is 0 Å². The van der Waals surface area contributed by atoms with Crippen LogP contribution in [0.2, 0.25) is 0 Å². The van der Waals surface area contributed by atoms with Crippen LogP contribution in [0.3, 0.4) is 0 Å². The zero-order valence-corrected chi connectivity index (χ0v) is 10.1. The summed E-state index contributed by atoms with van der Waals surface area (Å²) in [6.45, 7) is 4.79. The first-order chi connectivity index (χ1) is 7.94. The van der Waals surface area contributed by atoms with E-state index in [1.165, 1.54) is 12.1 Å². The topological polar surface area (TPSA) is 75.4 Å². The first-order valence-corrected chi connectivity index (χ1v) is 5.54. The van der Waals surface area contributed by atoms with Crippen molar-refractivity contribution in [2.24, 2.45) is 0 Å². The second kappa shape index (κ2) is 5.75. The Labute approximate surface area is 101 Å². The van der Waals surface area contributed by atoms with Crippen LogP contribution >= 0.6 is 0 Å². The van der Waals surface area contributed by atoms with Crippen LogP contribution in [0.4, 0.5) is 5.69 Å². The van der Waals surface area contributed by atoms with E-state index in [2.05, 4.69) is 5.32 Å². The fourth-order valence-corrected chi connectivity index (χ4v) is 1.44. The predicted octanol–water partition coefficient (Wildman–Crippen LogP) is 1.85. The molecule has 0 atom stereocenters. The van der Waals surface area contributed by atoms with Gasteiger partial charge in [-0.15, -0.1) is 0 Å². The molecule has 0 aliphatic heterocycles. The molecule has 0 bridgehead atoms. The van der Waals surface area contributed by atoms with Gasteiger partial charge in [0.05, 0.1) is 4.92 Å². The van der Waals surface area contributed by atoms with E-state index in [9.17, 15) is 10.1 Å². The summed E-state index contributed by atoms with van der Waals surface area (Å²) in [5.74, 6) is 0. The molecule has 0 aromatic heterocycles. The molecule has 1 rings (SSSR count). The van der Waals surface area contributed by atoms with Crippen LogP contribution in [0, 0.1) is 10.1 Å². The van der Waals surface area contributed by atoms with Crippen molar-refractivity contribution in [3.63, 3.8) is 0 Å². The van der Waals surface area contributed by atoms with Crippen LogP contribution < -0.4 is 5.32 Å². The fraction of sp³-hybridized carbons (Fsp3) is 0.500. The maximum atomic E-state index is 10.5. The minimum atomic E-state index is -0.410. The van der Waals surface area contributed by atoms with E-state index in [-0.39, 0.29) is 17.8 Å². The van der Waals surface area contributed by atoms with Crippen LogP contribution in [0.15, 0.2) is 24.3 Å². The van der Waals surface area contributed by atoms with Gasteiger partial charge >= 0.3 is 0 Å². The van der Waals surface area contributed by atoms with Crippen molar-refractivity contribution < 1.29 is 10.0 Å². The first kappa shape index (κ1) is 13.6. The minimum absolute atomic E-state index is 0.100. The normalized spacial score (nSPS) is 11.5. The Bertz CT molecular complexity index is 374. The number of non-ortho nitro benzene ring substituents is 1. The average Bonchev–Trinajstić information content (AvgIpc) is 2.27. The van der Waals surface area contributed by atoms with Crippen molar-refractivity contribution in [1.29, 1.82) is 0 Å². The molecule has 0 unspecified atom stereocenters. The van der Waals surface area contributed by atoms with E-state index in [4.69, 9.17) is 5.11 Å². The molecule has 0 aliphatic carbocycles. The number of aliphatic hydroxyl groups is 1. The molecular formula is C12H18N2O3. The lowest BCUT2D eigenvalue weighted by atomic mass is 10.0. The fourth-order valence-electron chi connectivity index (χ4n) is 1.44. The number of nitro benzene ring substituents is 1. The van der Waals surface area contributed by atoms with E-state index >= 15 is 0 Å². The van der Waals surface area contributed by atoms with Gasteiger partial charge in [0.2, 0.25) is 0 Å². The Kier molecular flexibility index (Phi) is 4.60. The van der Waals surface area contributed by atoms with Crippen LogP contribution in [0.1, 0.15) is 25.8 Å². The lowest BCUT2D eigenvalue weighted by Gasteiger charge is -2.25. The molecule has 17 heavy (non-hydrogen) atoms. The Morgan fingerprint density at radius 3 is 2.41 bits per heavy atom. The smallest absolute Gasteiger partial charge is 0.269 e. The van der Waals surface area contributed by atoms with Crippen molar-refractivity contribution in [3.05, 3.63) is 39.9 Å². The molecule has 0 aliphatic rings. The number of nitrogens with zero attached hydrogens (tertiary/aromatic N) is 1. The average molecular weight is 238 g/mol. The van der Waals surface area contributed by atoms with Crippen molar-refractivity contribution in [2.75, 3.05) is 6.61 Å². The van der Waals surface area contributed by atoms with E-state index < -0.39 is 4.92 Å². The number of rotatable bonds is 6. The number of hydrogen-bond acceptors (Lipinski definition) is 4. The van der Waals surface area contributed by atoms with Crippen molar-refractivity contribution in [1.82, 2.24) is 5.32 Å². The molecule has 0 amide bonds. The van der Waals surface area contributed by atoms with Gasteiger partial charge in [-0.3, -0.25) is 10.1 Å². The molecule has 0 spiro atoms. The maximum absolute atomic E-state index is 10.5. The van der Waals surface area contributed by atoms with Crippen LogP contribution in [-0.4, -0.2) is 22.2 Å². The van der Waals surface area contributed by atoms with Gasteiger partial charge in [0.1, 0.15) is 0 Å². The summed E-state index contributed by atoms with van der Waals surface area (Å²) in [6.07, 6.45) is 0.667. The number of benzene rings is 1. The molecule has 94 valence electrons. The van der Waals surface area contributed by atoms with E-state index in [0.29, 0.717) is 13.0 Å². The number of nitro groups is 1. The highest BCUT2D eigenvalue weighted by Gasteiger charge is 2.15. The van der Waals surface area contributed by atoms with Gasteiger partial charge < -0.3 is 10.4 Å². The molecular weight excluding hydrogens is 220 g/mol. The summed E-state index contributed by atoms with van der Waals surface area (Å²) in [5, 5.41) is 22.7. The van der Waals surface area contributed by atoms with Crippen molar-refractivity contribution in [3.8, 4) is 0 Å². The van der Waals surface area contributed by atoms with Crippen LogP contribution in [-0.2, 0) is 6.54 Å². The molecule has 1 aromatic rings. The van der Waals surface area contributed by atoms with Gasteiger partial charge in [-0.1, -0.05) is 12.1 Å². The van der Waals surface area contributed by atoms with Gasteiger partial charge in [0.15, 0.2) is 0 Å². The standard InChI is InChI=1S/C12H18N2O3/c1-12(2,7-8-15)13-9-10-3-5-11(6-4-10)14(16)17/h3-6,13,15H,7-9H2,1-2H3. The molecule has 2 N–H and O–H groups in total. The first-order valence-electron chi connectivity index (χ1n) is 5.54. The number of hydrogen-bond donors (Lipinski definition) is 2. The highest BCUT2D eigenvalue weighted by Crippen LogP contribution is 2.13. The Morgan fingerprint density at radius 2 is 1.94 bits per heavy atom. The second-order valence-electron chi connectivity index (χ2n) is 4.63. The van der Waals surface area contributed by atoms with E-state index in [0.717, 1.165) is 5.56 Å². The Balaban J connectivity index is 2.55. The SMILES string of the molecule is CC(C)(CCO)NCc1ccc([N+](=O)[O-])cc1. The number of aliphatic hydroxyl groups excluding tert-OH is 1. The van der Waals surface area contributed by atoms with E-state index in [1.807, 2.05) is 13.8 Å². The molecule has 0 radical (unpaired) electrons. The number of nitrogens with one attached hydrogen (secondary N) is 1. The zero-order valence-electron chi connectivity index (χ0n) is 10.1. The largest absolute Gasteiger partial charge is 0.396 e. The quantitative estimate of drug-likeness (QED) is 0.585. The van der Waals surface area contributed by atoms with Gasteiger partial charge in [-0.05, 0) is 25.8 Å². The summed E-state index contributed by atoms with van der Waals surface area (Å²) in [7, 11) is 0. The monoisotopic (exact) mass is 238 g/mol. The molecule has 1 aromatic carbocycles. The van der Waals surface area contributed by atoms with Crippen LogP contribution in [0.5, 0.6) is 0 Å². The molecule has 5 heteroatoms. The Morgan fingerprint density at radius 1 is 1.35 bits per heavy atom. The predicted molar refractivity (Wildman–Crippen MR) is 65.7 cm³/mol. The maximum Gasteiger partial charge on any atom is 0.269 e. The zero-order chi connectivity index (χ0) is 12.9.